The van der Waals surface area contributed by atoms with E-state index in [0.29, 0.717) is 18.7 Å². The number of nitrogens with zero attached hydrogens (tertiary/aromatic N) is 2. The van der Waals surface area contributed by atoms with Gasteiger partial charge in [0, 0.05) is 32.7 Å². The van der Waals surface area contributed by atoms with Crippen LogP contribution in [0, 0.1) is 5.82 Å². The molecule has 8 heteroatoms. The van der Waals surface area contributed by atoms with Crippen LogP contribution in [-0.4, -0.2) is 50.3 Å². The van der Waals surface area contributed by atoms with Crippen LogP contribution < -0.4 is 4.72 Å². The van der Waals surface area contributed by atoms with Gasteiger partial charge in [-0.15, -0.1) is 0 Å². The number of para-hydroxylation sites is 1. The van der Waals surface area contributed by atoms with E-state index < -0.39 is 15.8 Å². The fourth-order valence-corrected chi connectivity index (χ4v) is 5.00. The highest BCUT2D eigenvalue weighted by atomic mass is 32.2. The molecule has 1 heterocycles. The molecule has 4 rings (SSSR count). The number of sulfonamides is 1. The number of carbonyl (C=O) groups excluding carboxylic acids is 1. The summed E-state index contributed by atoms with van der Waals surface area (Å²) in [6, 6.07) is 21.4. The largest absolute Gasteiger partial charge is 0.337 e. The zero-order valence-electron chi connectivity index (χ0n) is 18.2. The molecule has 1 aliphatic heterocycles. The van der Waals surface area contributed by atoms with Crippen molar-refractivity contribution in [2.24, 2.45) is 0 Å². The molecule has 0 bridgehead atoms. The third-order valence-electron chi connectivity index (χ3n) is 5.65. The highest BCUT2D eigenvalue weighted by Gasteiger charge is 2.24. The maximum atomic E-state index is 13.3. The first kappa shape index (κ1) is 22.9. The Morgan fingerprint density at radius 1 is 0.848 bits per heavy atom. The molecule has 172 valence electrons. The van der Waals surface area contributed by atoms with Crippen LogP contribution in [0.15, 0.2) is 83.8 Å². The van der Waals surface area contributed by atoms with Crippen molar-refractivity contribution in [3.05, 3.63) is 95.8 Å². The molecule has 33 heavy (non-hydrogen) atoms. The molecule has 0 aromatic heterocycles. The number of carbonyl (C=O) groups is 1. The SMILES string of the molecule is O=C(c1ccccc1NS(=O)(=O)c1ccc(F)cc1)N1CCCN(Cc2ccccc2)CC1. The highest BCUT2D eigenvalue weighted by Crippen LogP contribution is 2.22. The van der Waals surface area contributed by atoms with Gasteiger partial charge in [-0.2, -0.15) is 0 Å². The van der Waals surface area contributed by atoms with Crippen LogP contribution in [0.25, 0.3) is 0 Å². The Kier molecular flexibility index (Phi) is 7.05. The van der Waals surface area contributed by atoms with E-state index in [1.807, 2.05) is 18.2 Å². The predicted octanol–water partition coefficient (Wildman–Crippen LogP) is 3.97. The van der Waals surface area contributed by atoms with Crippen LogP contribution in [0.5, 0.6) is 0 Å². The van der Waals surface area contributed by atoms with Gasteiger partial charge in [0.25, 0.3) is 15.9 Å². The molecule has 1 fully saturated rings. The van der Waals surface area contributed by atoms with Crippen molar-refractivity contribution in [2.45, 2.75) is 17.9 Å². The van der Waals surface area contributed by atoms with E-state index in [1.54, 1.807) is 29.2 Å². The van der Waals surface area contributed by atoms with Crippen molar-refractivity contribution in [3.63, 3.8) is 0 Å². The Balaban J connectivity index is 1.47. The zero-order chi connectivity index (χ0) is 23.3. The van der Waals surface area contributed by atoms with Crippen LogP contribution in [0.4, 0.5) is 10.1 Å². The van der Waals surface area contributed by atoms with Gasteiger partial charge in [-0.3, -0.25) is 14.4 Å². The molecule has 3 aromatic carbocycles. The Labute approximate surface area is 193 Å². The van der Waals surface area contributed by atoms with Crippen LogP contribution in [0.1, 0.15) is 22.3 Å². The number of amides is 1. The molecule has 0 spiro atoms. The van der Waals surface area contributed by atoms with Gasteiger partial charge in [-0.05, 0) is 48.4 Å². The lowest BCUT2D eigenvalue weighted by Gasteiger charge is -2.23. The minimum absolute atomic E-state index is 0.0718. The molecule has 1 N–H and O–H groups in total. The van der Waals surface area contributed by atoms with Crippen molar-refractivity contribution in [3.8, 4) is 0 Å². The van der Waals surface area contributed by atoms with Gasteiger partial charge in [0.15, 0.2) is 0 Å². The molecule has 0 radical (unpaired) electrons. The van der Waals surface area contributed by atoms with Gasteiger partial charge in [0.05, 0.1) is 16.1 Å². The number of hydrogen-bond donors (Lipinski definition) is 1. The molecule has 0 aliphatic carbocycles. The molecule has 1 aliphatic rings. The third-order valence-corrected chi connectivity index (χ3v) is 7.03. The second kappa shape index (κ2) is 10.1. The fraction of sp³-hybridized carbons (Fsp3) is 0.240. The summed E-state index contributed by atoms with van der Waals surface area (Å²) in [5, 5.41) is 0. The lowest BCUT2D eigenvalue weighted by Crippen LogP contribution is -2.35. The number of hydrogen-bond acceptors (Lipinski definition) is 4. The first-order valence-electron chi connectivity index (χ1n) is 10.9. The number of nitrogens with one attached hydrogen (secondary N) is 1. The summed E-state index contributed by atoms with van der Waals surface area (Å²) < 4.78 is 41.2. The van der Waals surface area contributed by atoms with E-state index >= 15 is 0 Å². The monoisotopic (exact) mass is 467 g/mol. The number of benzene rings is 3. The molecule has 6 nitrogen and oxygen atoms in total. The van der Waals surface area contributed by atoms with Gasteiger partial charge in [-0.1, -0.05) is 42.5 Å². The standard InChI is InChI=1S/C25H26FN3O3S/c26-21-11-13-22(14-12-21)33(31,32)27-24-10-5-4-9-23(24)25(30)29-16-6-15-28(17-18-29)19-20-7-2-1-3-8-20/h1-5,7-14,27H,6,15-19H2. The summed E-state index contributed by atoms with van der Waals surface area (Å²) in [6.07, 6.45) is 0.835. The predicted molar refractivity (Wildman–Crippen MR) is 126 cm³/mol. The summed E-state index contributed by atoms with van der Waals surface area (Å²) in [5.74, 6) is -0.735. The Morgan fingerprint density at radius 2 is 1.55 bits per heavy atom. The Morgan fingerprint density at radius 3 is 2.30 bits per heavy atom. The smallest absolute Gasteiger partial charge is 0.261 e. The van der Waals surface area contributed by atoms with Gasteiger partial charge in [-0.25, -0.2) is 12.8 Å². The van der Waals surface area contributed by atoms with Gasteiger partial charge in [0.1, 0.15) is 5.82 Å². The second-order valence-corrected chi connectivity index (χ2v) is 9.69. The molecule has 1 saturated heterocycles. The normalized spacial score (nSPS) is 15.1. The summed E-state index contributed by atoms with van der Waals surface area (Å²) >= 11 is 0. The molecule has 1 amide bonds. The van der Waals surface area contributed by atoms with Crippen LogP contribution >= 0.6 is 0 Å². The Bertz CT molecular complexity index is 1200. The maximum Gasteiger partial charge on any atom is 0.261 e. The Hall–Kier alpha value is -3.23. The molecular formula is C25H26FN3O3S. The first-order valence-corrected chi connectivity index (χ1v) is 12.3. The van der Waals surface area contributed by atoms with E-state index in [4.69, 9.17) is 0 Å². The fourth-order valence-electron chi connectivity index (χ4n) is 3.92. The number of rotatable bonds is 6. The highest BCUT2D eigenvalue weighted by molar-refractivity contribution is 7.92. The van der Waals surface area contributed by atoms with Crippen molar-refractivity contribution in [2.75, 3.05) is 30.9 Å². The van der Waals surface area contributed by atoms with Crippen LogP contribution in [0.2, 0.25) is 0 Å². The van der Waals surface area contributed by atoms with Crippen molar-refractivity contribution in [1.29, 1.82) is 0 Å². The second-order valence-electron chi connectivity index (χ2n) is 8.01. The van der Waals surface area contributed by atoms with Crippen LogP contribution in [0.3, 0.4) is 0 Å². The minimum atomic E-state index is -3.96. The average molecular weight is 468 g/mol. The van der Waals surface area contributed by atoms with Gasteiger partial charge < -0.3 is 4.90 Å². The van der Waals surface area contributed by atoms with Crippen LogP contribution in [-0.2, 0) is 16.6 Å². The number of anilines is 1. The van der Waals surface area contributed by atoms with E-state index in [-0.39, 0.29) is 16.5 Å². The lowest BCUT2D eigenvalue weighted by molar-refractivity contribution is 0.0762. The van der Waals surface area contributed by atoms with Crippen molar-refractivity contribution in [1.82, 2.24) is 9.80 Å². The topological polar surface area (TPSA) is 69.7 Å². The van der Waals surface area contributed by atoms with E-state index in [1.165, 1.54) is 17.7 Å². The minimum Gasteiger partial charge on any atom is -0.337 e. The molecular weight excluding hydrogens is 441 g/mol. The zero-order valence-corrected chi connectivity index (χ0v) is 19.0. The van der Waals surface area contributed by atoms with Crippen molar-refractivity contribution < 1.29 is 17.6 Å². The summed E-state index contributed by atoms with van der Waals surface area (Å²) in [7, 11) is -3.96. The molecule has 0 unspecified atom stereocenters. The lowest BCUT2D eigenvalue weighted by atomic mass is 10.1. The third kappa shape index (κ3) is 5.77. The quantitative estimate of drug-likeness (QED) is 0.596. The molecule has 3 aromatic rings. The average Bonchev–Trinajstić information content (AvgIpc) is 3.05. The van der Waals surface area contributed by atoms with Gasteiger partial charge in [0.2, 0.25) is 0 Å². The van der Waals surface area contributed by atoms with Crippen molar-refractivity contribution >= 4 is 21.6 Å². The molecule has 0 saturated carbocycles. The summed E-state index contributed by atoms with van der Waals surface area (Å²) in [6.45, 7) is 3.62. The van der Waals surface area contributed by atoms with Gasteiger partial charge >= 0.3 is 0 Å². The summed E-state index contributed by atoms with van der Waals surface area (Å²) in [5.41, 5.74) is 1.73. The molecule has 0 atom stereocenters. The number of halogens is 1. The van der Waals surface area contributed by atoms with E-state index in [9.17, 15) is 17.6 Å². The summed E-state index contributed by atoms with van der Waals surface area (Å²) in [4.78, 5) is 17.4. The first-order chi connectivity index (χ1) is 15.9. The maximum absolute atomic E-state index is 13.3. The van der Waals surface area contributed by atoms with E-state index in [0.717, 1.165) is 38.2 Å². The van der Waals surface area contributed by atoms with E-state index in [2.05, 4.69) is 21.8 Å².